The van der Waals surface area contributed by atoms with Crippen molar-refractivity contribution in [1.82, 2.24) is 4.98 Å². The van der Waals surface area contributed by atoms with Gasteiger partial charge in [0.15, 0.2) is 5.82 Å². The van der Waals surface area contributed by atoms with E-state index in [0.717, 1.165) is 7.11 Å². The number of pyridine rings is 1. The van der Waals surface area contributed by atoms with Crippen molar-refractivity contribution in [1.29, 1.82) is 0 Å². The van der Waals surface area contributed by atoms with Crippen LogP contribution < -0.4 is 4.74 Å². The Labute approximate surface area is 71.2 Å². The second kappa shape index (κ2) is 3.59. The summed E-state index contributed by atoms with van der Waals surface area (Å²) in [5, 5.41) is 0. The smallest absolute Gasteiger partial charge is 0.268 e. The van der Waals surface area contributed by atoms with Gasteiger partial charge in [0.1, 0.15) is 0 Å². The molecule has 0 amide bonds. The molecule has 1 aromatic heterocycles. The molecule has 2 nitrogen and oxygen atoms in total. The second-order valence-electron chi connectivity index (χ2n) is 2.16. The molecular formula is C7H5F4NO. The van der Waals surface area contributed by atoms with Crippen LogP contribution >= 0.6 is 0 Å². The van der Waals surface area contributed by atoms with Crippen molar-refractivity contribution in [3.05, 3.63) is 23.4 Å². The topological polar surface area (TPSA) is 22.1 Å². The third-order valence-electron chi connectivity index (χ3n) is 1.35. The largest absolute Gasteiger partial charge is 0.479 e. The first-order valence-corrected chi connectivity index (χ1v) is 3.24. The molecule has 1 rings (SSSR count). The van der Waals surface area contributed by atoms with Gasteiger partial charge in [0.2, 0.25) is 5.95 Å². The Morgan fingerprint density at radius 1 is 1.38 bits per heavy atom. The number of nitrogens with zero attached hydrogens (tertiary/aromatic N) is 1. The molecule has 72 valence electrons. The highest BCUT2D eigenvalue weighted by Crippen LogP contribution is 2.25. The fourth-order valence-corrected chi connectivity index (χ4v) is 0.761. The number of aromatic nitrogens is 1. The molecule has 0 aliphatic carbocycles. The van der Waals surface area contributed by atoms with E-state index in [4.69, 9.17) is 0 Å². The van der Waals surface area contributed by atoms with Crippen LogP contribution in [-0.2, 0) is 0 Å². The standard InChI is InChI=1S/C7H5F4NO/c1-13-7-4(8)2-3(5(9)10)6(11)12-7/h2,5H,1H3. The van der Waals surface area contributed by atoms with Gasteiger partial charge in [-0.3, -0.25) is 0 Å². The van der Waals surface area contributed by atoms with Crippen LogP contribution in [0.5, 0.6) is 5.88 Å². The molecule has 0 saturated carbocycles. The fraction of sp³-hybridized carbons (Fsp3) is 0.286. The molecule has 6 heteroatoms. The highest BCUT2D eigenvalue weighted by molar-refractivity contribution is 5.22. The van der Waals surface area contributed by atoms with Gasteiger partial charge >= 0.3 is 0 Å². The van der Waals surface area contributed by atoms with Crippen molar-refractivity contribution >= 4 is 0 Å². The monoisotopic (exact) mass is 195 g/mol. The zero-order chi connectivity index (χ0) is 10.0. The zero-order valence-electron chi connectivity index (χ0n) is 6.52. The first-order valence-electron chi connectivity index (χ1n) is 3.24. The SMILES string of the molecule is COc1nc(F)c(C(F)F)cc1F. The maximum atomic E-state index is 12.7. The maximum absolute atomic E-state index is 12.7. The number of halogens is 4. The quantitative estimate of drug-likeness (QED) is 0.533. The molecule has 0 aliphatic rings. The third kappa shape index (κ3) is 1.88. The lowest BCUT2D eigenvalue weighted by molar-refractivity contribution is 0.144. The molecule has 0 aromatic carbocycles. The third-order valence-corrected chi connectivity index (χ3v) is 1.35. The van der Waals surface area contributed by atoms with Crippen molar-refractivity contribution in [2.75, 3.05) is 7.11 Å². The normalized spacial score (nSPS) is 10.6. The molecule has 0 fully saturated rings. The molecule has 1 aromatic rings. The number of rotatable bonds is 2. The number of hydrogen-bond donors (Lipinski definition) is 0. The van der Waals surface area contributed by atoms with E-state index in [1.165, 1.54) is 0 Å². The Morgan fingerprint density at radius 3 is 2.46 bits per heavy atom. The van der Waals surface area contributed by atoms with Gasteiger partial charge in [0.25, 0.3) is 12.3 Å². The lowest BCUT2D eigenvalue weighted by Gasteiger charge is -2.04. The van der Waals surface area contributed by atoms with Crippen molar-refractivity contribution in [3.8, 4) is 5.88 Å². The zero-order valence-corrected chi connectivity index (χ0v) is 6.52. The van der Waals surface area contributed by atoms with Gasteiger partial charge in [0, 0.05) is 0 Å². The van der Waals surface area contributed by atoms with Crippen LogP contribution in [0.4, 0.5) is 17.6 Å². The Kier molecular flexibility index (Phi) is 2.69. The first kappa shape index (κ1) is 9.76. The molecule has 0 radical (unpaired) electrons. The summed E-state index contributed by atoms with van der Waals surface area (Å²) >= 11 is 0. The van der Waals surface area contributed by atoms with E-state index in [1.807, 2.05) is 0 Å². The van der Waals surface area contributed by atoms with Crippen LogP contribution in [0.3, 0.4) is 0 Å². The average Bonchev–Trinajstić information content (AvgIpc) is 2.07. The average molecular weight is 195 g/mol. The van der Waals surface area contributed by atoms with Crippen LogP contribution in [0.2, 0.25) is 0 Å². The summed E-state index contributed by atoms with van der Waals surface area (Å²) in [4.78, 5) is 2.87. The van der Waals surface area contributed by atoms with Gasteiger partial charge in [-0.05, 0) is 6.07 Å². The van der Waals surface area contributed by atoms with Gasteiger partial charge < -0.3 is 4.74 Å². The van der Waals surface area contributed by atoms with Crippen LogP contribution in [0, 0.1) is 11.8 Å². The predicted molar refractivity (Wildman–Crippen MR) is 35.7 cm³/mol. The van der Waals surface area contributed by atoms with Crippen LogP contribution in [0.15, 0.2) is 6.07 Å². The summed E-state index contributed by atoms with van der Waals surface area (Å²) in [6.07, 6.45) is -3.09. The second-order valence-corrected chi connectivity index (χ2v) is 2.16. The lowest BCUT2D eigenvalue weighted by atomic mass is 10.3. The fourth-order valence-electron chi connectivity index (χ4n) is 0.761. The number of hydrogen-bond acceptors (Lipinski definition) is 2. The summed E-state index contributed by atoms with van der Waals surface area (Å²) in [7, 11) is 1.06. The van der Waals surface area contributed by atoms with Gasteiger partial charge in [-0.25, -0.2) is 13.2 Å². The summed E-state index contributed by atoms with van der Waals surface area (Å²) in [6, 6.07) is 0.367. The first-order chi connectivity index (χ1) is 6.06. The van der Waals surface area contributed by atoms with Crippen molar-refractivity contribution < 1.29 is 22.3 Å². The Bertz CT molecular complexity index is 316. The minimum absolute atomic E-state index is 0.367. The van der Waals surface area contributed by atoms with Crippen LogP contribution in [-0.4, -0.2) is 12.1 Å². The van der Waals surface area contributed by atoms with E-state index in [9.17, 15) is 17.6 Å². The molecule has 0 saturated heterocycles. The van der Waals surface area contributed by atoms with Crippen molar-refractivity contribution in [2.24, 2.45) is 0 Å². The van der Waals surface area contributed by atoms with E-state index >= 15 is 0 Å². The number of methoxy groups -OCH3 is 1. The Morgan fingerprint density at radius 2 is 2.00 bits per heavy atom. The maximum Gasteiger partial charge on any atom is 0.268 e. The predicted octanol–water partition coefficient (Wildman–Crippen LogP) is 2.31. The van der Waals surface area contributed by atoms with Gasteiger partial charge in [-0.1, -0.05) is 0 Å². The molecule has 0 aliphatic heterocycles. The van der Waals surface area contributed by atoms with Gasteiger partial charge in [-0.2, -0.15) is 9.37 Å². The van der Waals surface area contributed by atoms with Crippen LogP contribution in [0.25, 0.3) is 0 Å². The molecule has 1 heterocycles. The van der Waals surface area contributed by atoms with Crippen molar-refractivity contribution in [2.45, 2.75) is 6.43 Å². The van der Waals surface area contributed by atoms with Crippen molar-refractivity contribution in [3.63, 3.8) is 0 Å². The van der Waals surface area contributed by atoms with Gasteiger partial charge in [0.05, 0.1) is 12.7 Å². The summed E-state index contributed by atoms with van der Waals surface area (Å²) in [6.45, 7) is 0. The molecular weight excluding hydrogens is 190 g/mol. The van der Waals surface area contributed by atoms with Gasteiger partial charge in [-0.15, -0.1) is 0 Å². The molecule has 0 atom stereocenters. The summed E-state index contributed by atoms with van der Waals surface area (Å²) in [5.41, 5.74) is -1.07. The molecule has 13 heavy (non-hydrogen) atoms. The Hall–Kier alpha value is -1.33. The highest BCUT2D eigenvalue weighted by atomic mass is 19.3. The minimum atomic E-state index is -3.09. The molecule has 0 spiro atoms. The van der Waals surface area contributed by atoms with E-state index in [-0.39, 0.29) is 0 Å². The number of ether oxygens (including phenoxy) is 1. The highest BCUT2D eigenvalue weighted by Gasteiger charge is 2.18. The molecule has 0 N–H and O–H groups in total. The Balaban J connectivity index is 3.20. The van der Waals surface area contributed by atoms with Crippen LogP contribution in [0.1, 0.15) is 12.0 Å². The number of alkyl halides is 2. The summed E-state index contributed by atoms with van der Waals surface area (Å²) < 4.78 is 53.5. The molecule has 0 bridgehead atoms. The summed E-state index contributed by atoms with van der Waals surface area (Å²) in [5.74, 6) is -3.17. The minimum Gasteiger partial charge on any atom is -0.479 e. The molecule has 0 unspecified atom stereocenters. The van der Waals surface area contributed by atoms with E-state index in [0.29, 0.717) is 6.07 Å². The van der Waals surface area contributed by atoms with E-state index in [1.54, 1.807) is 0 Å². The van der Waals surface area contributed by atoms with E-state index in [2.05, 4.69) is 9.72 Å². The van der Waals surface area contributed by atoms with E-state index < -0.39 is 29.6 Å². The lowest BCUT2D eigenvalue weighted by Crippen LogP contribution is -2.00.